The van der Waals surface area contributed by atoms with Crippen molar-refractivity contribution in [1.29, 1.82) is 0 Å². The molecule has 0 radical (unpaired) electrons. The summed E-state index contributed by atoms with van der Waals surface area (Å²) in [6.07, 6.45) is 1.27. The van der Waals surface area contributed by atoms with Crippen molar-refractivity contribution in [2.75, 3.05) is 6.61 Å². The summed E-state index contributed by atoms with van der Waals surface area (Å²) in [6, 6.07) is 8.21. The molecule has 0 saturated carbocycles. The highest BCUT2D eigenvalue weighted by Crippen LogP contribution is 2.47. The van der Waals surface area contributed by atoms with Gasteiger partial charge in [0.2, 0.25) is 0 Å². The second-order valence-electron chi connectivity index (χ2n) is 7.20. The molecule has 0 aromatic carbocycles. The number of nitrogens with one attached hydrogen (secondary N) is 1. The number of hydrogen-bond acceptors (Lipinski definition) is 6. The molecule has 1 aliphatic heterocycles. The Morgan fingerprint density at radius 1 is 1.21 bits per heavy atom. The van der Waals surface area contributed by atoms with Crippen LogP contribution in [0, 0.1) is 6.92 Å². The monoisotopic (exact) mass is 413 g/mol. The maximum absolute atomic E-state index is 13.3. The molecule has 2 aromatic rings. The fourth-order valence-corrected chi connectivity index (χ4v) is 5.96. The number of hydrogen-bond donors (Lipinski definition) is 1. The highest BCUT2D eigenvalue weighted by Gasteiger charge is 2.42. The van der Waals surface area contributed by atoms with E-state index < -0.39 is 0 Å². The molecule has 1 N–H and O–H groups in total. The van der Waals surface area contributed by atoms with Crippen LogP contribution in [-0.2, 0) is 14.3 Å². The van der Waals surface area contributed by atoms with Crippen molar-refractivity contribution in [3.8, 4) is 0 Å². The van der Waals surface area contributed by atoms with Crippen molar-refractivity contribution in [2.24, 2.45) is 0 Å². The summed E-state index contributed by atoms with van der Waals surface area (Å²) in [5, 5.41) is 5.44. The average molecular weight is 414 g/mol. The number of carbonyl (C=O) groups is 2. The molecule has 28 heavy (non-hydrogen) atoms. The molecule has 0 unspecified atom stereocenters. The van der Waals surface area contributed by atoms with Gasteiger partial charge in [0.1, 0.15) is 0 Å². The Labute approximate surface area is 172 Å². The minimum absolute atomic E-state index is 0.123. The molecule has 0 amide bonds. The Bertz CT molecular complexity index is 981. The van der Waals surface area contributed by atoms with Crippen LogP contribution in [0.1, 0.15) is 53.2 Å². The molecule has 0 fully saturated rings. The summed E-state index contributed by atoms with van der Waals surface area (Å²) in [7, 11) is 0. The van der Waals surface area contributed by atoms with Crippen molar-refractivity contribution in [3.63, 3.8) is 0 Å². The van der Waals surface area contributed by atoms with Crippen molar-refractivity contribution in [2.45, 2.75) is 45.4 Å². The quantitative estimate of drug-likeness (QED) is 0.713. The second-order valence-corrected chi connectivity index (χ2v) is 9.50. The van der Waals surface area contributed by atoms with Gasteiger partial charge in [-0.2, -0.15) is 0 Å². The van der Waals surface area contributed by atoms with Crippen LogP contribution in [0.3, 0.4) is 0 Å². The van der Waals surface area contributed by atoms with Gasteiger partial charge in [-0.15, -0.1) is 22.7 Å². The topological polar surface area (TPSA) is 55.4 Å². The zero-order valence-electron chi connectivity index (χ0n) is 16.2. The van der Waals surface area contributed by atoms with E-state index in [1.165, 1.54) is 4.88 Å². The zero-order valence-corrected chi connectivity index (χ0v) is 17.8. The van der Waals surface area contributed by atoms with Crippen molar-refractivity contribution in [1.82, 2.24) is 5.32 Å². The zero-order chi connectivity index (χ0) is 19.8. The first kappa shape index (κ1) is 19.2. The average Bonchev–Trinajstić information content (AvgIpc) is 3.32. The van der Waals surface area contributed by atoms with E-state index in [4.69, 9.17) is 4.74 Å². The smallest absolute Gasteiger partial charge is 0.336 e. The summed E-state index contributed by atoms with van der Waals surface area (Å²) >= 11 is 3.34. The van der Waals surface area contributed by atoms with Gasteiger partial charge in [0.15, 0.2) is 5.78 Å². The third kappa shape index (κ3) is 3.35. The van der Waals surface area contributed by atoms with Gasteiger partial charge in [-0.05, 0) is 50.8 Å². The van der Waals surface area contributed by atoms with E-state index in [1.807, 2.05) is 32.0 Å². The van der Waals surface area contributed by atoms with Gasteiger partial charge < -0.3 is 10.1 Å². The standard InChI is InChI=1S/C22H23NO3S2/c1-4-26-22(25)19-13(3)23-15-10-14(17-6-5-9-27-17)11-16(24)20(15)21(19)18-8-7-12(2)28-18/h5-9,14,21,23H,4,10-11H2,1-3H3/t14-,21-/m1/s1. The Balaban J connectivity index is 1.80. The van der Waals surface area contributed by atoms with Crippen molar-refractivity contribution < 1.29 is 14.3 Å². The lowest BCUT2D eigenvalue weighted by Crippen LogP contribution is -2.35. The van der Waals surface area contributed by atoms with Gasteiger partial charge in [-0.3, -0.25) is 4.79 Å². The number of Topliss-reactive ketones (excluding diaryl/α,β-unsaturated/α-hetero) is 1. The first-order valence-electron chi connectivity index (χ1n) is 9.50. The second kappa shape index (κ2) is 7.68. The van der Waals surface area contributed by atoms with E-state index >= 15 is 0 Å². The number of ether oxygens (including phenoxy) is 1. The number of thiophene rings is 2. The molecule has 2 atom stereocenters. The maximum atomic E-state index is 13.3. The highest BCUT2D eigenvalue weighted by molar-refractivity contribution is 7.12. The van der Waals surface area contributed by atoms with Gasteiger partial charge >= 0.3 is 5.97 Å². The fraction of sp³-hybridized carbons (Fsp3) is 0.364. The van der Waals surface area contributed by atoms with E-state index in [0.29, 0.717) is 18.6 Å². The predicted octanol–water partition coefficient (Wildman–Crippen LogP) is 5.04. The van der Waals surface area contributed by atoms with Crippen LogP contribution in [-0.4, -0.2) is 18.4 Å². The van der Waals surface area contributed by atoms with Crippen LogP contribution in [0.4, 0.5) is 0 Å². The third-order valence-corrected chi connectivity index (χ3v) is 7.41. The molecule has 0 saturated heterocycles. The van der Waals surface area contributed by atoms with Crippen LogP contribution >= 0.6 is 22.7 Å². The molecule has 4 nitrogen and oxygen atoms in total. The maximum Gasteiger partial charge on any atom is 0.336 e. The van der Waals surface area contributed by atoms with E-state index in [9.17, 15) is 9.59 Å². The van der Waals surface area contributed by atoms with Gasteiger partial charge in [0, 0.05) is 43.9 Å². The van der Waals surface area contributed by atoms with E-state index in [0.717, 1.165) is 33.1 Å². The summed E-state index contributed by atoms with van der Waals surface area (Å²) in [5.74, 6) is -0.368. The minimum Gasteiger partial charge on any atom is -0.463 e. The lowest BCUT2D eigenvalue weighted by atomic mass is 9.74. The molecule has 6 heteroatoms. The summed E-state index contributed by atoms with van der Waals surface area (Å²) < 4.78 is 5.34. The van der Waals surface area contributed by atoms with Gasteiger partial charge in [-0.25, -0.2) is 4.79 Å². The van der Waals surface area contributed by atoms with Crippen LogP contribution in [0.25, 0.3) is 0 Å². The van der Waals surface area contributed by atoms with E-state index in [1.54, 1.807) is 29.6 Å². The van der Waals surface area contributed by atoms with E-state index in [2.05, 4.69) is 16.8 Å². The molecule has 0 spiro atoms. The van der Waals surface area contributed by atoms with Crippen molar-refractivity contribution >= 4 is 34.4 Å². The van der Waals surface area contributed by atoms with Gasteiger partial charge in [0.05, 0.1) is 18.1 Å². The first-order chi connectivity index (χ1) is 13.5. The molecule has 3 heterocycles. The number of carbonyl (C=O) groups excluding carboxylic acids is 2. The summed E-state index contributed by atoms with van der Waals surface area (Å²) in [4.78, 5) is 29.5. The number of aryl methyl sites for hydroxylation is 1. The lowest BCUT2D eigenvalue weighted by molar-refractivity contribution is -0.138. The summed E-state index contributed by atoms with van der Waals surface area (Å²) in [6.45, 7) is 6.06. The highest BCUT2D eigenvalue weighted by atomic mass is 32.1. The number of ketones is 1. The van der Waals surface area contributed by atoms with Crippen LogP contribution in [0.5, 0.6) is 0 Å². The Morgan fingerprint density at radius 2 is 2.04 bits per heavy atom. The van der Waals surface area contributed by atoms with Crippen molar-refractivity contribution in [3.05, 3.63) is 66.8 Å². The molecule has 4 rings (SSSR count). The molecule has 1 aliphatic carbocycles. The number of rotatable bonds is 4. The molecule has 146 valence electrons. The Hall–Kier alpha value is -2.18. The number of allylic oxidation sites excluding steroid dienone is 3. The number of esters is 1. The van der Waals surface area contributed by atoms with Crippen LogP contribution < -0.4 is 5.32 Å². The third-order valence-electron chi connectivity index (χ3n) is 5.31. The fourth-order valence-electron chi connectivity index (χ4n) is 4.14. The Morgan fingerprint density at radius 3 is 2.68 bits per heavy atom. The molecular formula is C22H23NO3S2. The number of dihydropyridines is 1. The van der Waals surface area contributed by atoms with Crippen LogP contribution in [0.15, 0.2) is 52.2 Å². The first-order valence-corrected chi connectivity index (χ1v) is 11.2. The van der Waals surface area contributed by atoms with E-state index in [-0.39, 0.29) is 23.6 Å². The minimum atomic E-state index is -0.344. The molecule has 0 bridgehead atoms. The largest absolute Gasteiger partial charge is 0.463 e. The normalized spacial score (nSPS) is 22.2. The molecule has 2 aliphatic rings. The van der Waals surface area contributed by atoms with Gasteiger partial charge in [0.25, 0.3) is 0 Å². The summed E-state index contributed by atoms with van der Waals surface area (Å²) in [5.41, 5.74) is 3.04. The Kier molecular flexibility index (Phi) is 5.25. The lowest BCUT2D eigenvalue weighted by Gasteiger charge is -2.35. The molecule has 2 aromatic heterocycles. The van der Waals surface area contributed by atoms with Crippen LogP contribution in [0.2, 0.25) is 0 Å². The van der Waals surface area contributed by atoms with Gasteiger partial charge in [-0.1, -0.05) is 6.07 Å². The SMILES string of the molecule is CCOC(=O)C1=C(C)NC2=C(C(=O)C[C@H](c3cccs3)C2)[C@@H]1c1ccc(C)s1. The molecular weight excluding hydrogens is 390 g/mol. The predicted molar refractivity (Wildman–Crippen MR) is 113 cm³/mol.